The highest BCUT2D eigenvalue weighted by Gasteiger charge is 2.15. The van der Waals surface area contributed by atoms with Crippen LogP contribution in [0.4, 0.5) is 0 Å². The van der Waals surface area contributed by atoms with Gasteiger partial charge < -0.3 is 13.9 Å². The van der Waals surface area contributed by atoms with Crippen molar-refractivity contribution >= 4 is 0 Å². The molecular weight excluding hydrogens is 360 g/mol. The first-order valence-corrected chi connectivity index (χ1v) is 9.78. The monoisotopic (exact) mass is 386 g/mol. The number of pyridine rings is 2. The summed E-state index contributed by atoms with van der Waals surface area (Å²) in [6, 6.07) is 18.6. The standard InChI is InChI=1S/C24H26N4O/c1-16-9-10-17(2)27(16)22-14-13-20(15-21-7-6-8-23(25-21)29-5)24(26-22)28-18(3)11-12-19(28)4/h6-14H,15H2,1-5H3. The minimum atomic E-state index is 0.626. The predicted octanol–water partition coefficient (Wildman–Crippen LogP) is 4.89. The molecule has 0 spiro atoms. The maximum absolute atomic E-state index is 5.29. The molecule has 0 atom stereocenters. The minimum absolute atomic E-state index is 0.626. The molecule has 0 aliphatic heterocycles. The average molecular weight is 386 g/mol. The van der Waals surface area contributed by atoms with Gasteiger partial charge in [-0.1, -0.05) is 12.1 Å². The molecule has 0 fully saturated rings. The fraction of sp³-hybridized carbons (Fsp3) is 0.250. The Morgan fingerprint density at radius 1 is 0.724 bits per heavy atom. The zero-order valence-corrected chi connectivity index (χ0v) is 17.6. The van der Waals surface area contributed by atoms with Crippen molar-refractivity contribution in [3.05, 3.63) is 88.6 Å². The fourth-order valence-corrected chi connectivity index (χ4v) is 3.82. The van der Waals surface area contributed by atoms with Crippen LogP contribution in [0.1, 0.15) is 34.0 Å². The van der Waals surface area contributed by atoms with Crippen LogP contribution in [0.2, 0.25) is 0 Å². The molecule has 5 heteroatoms. The van der Waals surface area contributed by atoms with E-state index in [1.807, 2.05) is 18.2 Å². The largest absolute Gasteiger partial charge is 0.481 e. The van der Waals surface area contributed by atoms with E-state index in [9.17, 15) is 0 Å². The molecule has 0 aliphatic rings. The van der Waals surface area contributed by atoms with Gasteiger partial charge in [0.25, 0.3) is 0 Å². The molecule has 0 aliphatic carbocycles. The summed E-state index contributed by atoms with van der Waals surface area (Å²) in [5, 5.41) is 0. The maximum atomic E-state index is 5.29. The molecule has 0 saturated carbocycles. The summed E-state index contributed by atoms with van der Waals surface area (Å²) in [7, 11) is 1.64. The van der Waals surface area contributed by atoms with E-state index >= 15 is 0 Å². The Bertz CT molecular complexity index is 1130. The van der Waals surface area contributed by atoms with E-state index in [2.05, 4.69) is 78.2 Å². The van der Waals surface area contributed by atoms with Gasteiger partial charge in [-0.05, 0) is 64.1 Å². The molecule has 0 bridgehead atoms. The third-order valence-corrected chi connectivity index (χ3v) is 5.29. The molecule has 5 nitrogen and oxygen atoms in total. The van der Waals surface area contributed by atoms with Crippen molar-refractivity contribution in [3.8, 4) is 17.5 Å². The van der Waals surface area contributed by atoms with E-state index in [0.29, 0.717) is 12.3 Å². The highest BCUT2D eigenvalue weighted by atomic mass is 16.5. The summed E-state index contributed by atoms with van der Waals surface area (Å²) in [5.41, 5.74) is 6.74. The Kier molecular flexibility index (Phi) is 4.97. The lowest BCUT2D eigenvalue weighted by molar-refractivity contribution is 0.396. The van der Waals surface area contributed by atoms with Crippen molar-refractivity contribution in [2.45, 2.75) is 34.1 Å². The minimum Gasteiger partial charge on any atom is -0.481 e. The Morgan fingerprint density at radius 2 is 1.34 bits per heavy atom. The summed E-state index contributed by atoms with van der Waals surface area (Å²) in [6.45, 7) is 8.44. The van der Waals surface area contributed by atoms with Crippen LogP contribution in [0.15, 0.2) is 54.6 Å². The molecule has 0 N–H and O–H groups in total. The second-order valence-corrected chi connectivity index (χ2v) is 7.40. The molecular formula is C24H26N4O. The van der Waals surface area contributed by atoms with E-state index < -0.39 is 0 Å². The van der Waals surface area contributed by atoms with Crippen molar-refractivity contribution in [3.63, 3.8) is 0 Å². The lowest BCUT2D eigenvalue weighted by Crippen LogP contribution is -2.11. The molecule has 4 rings (SSSR count). The van der Waals surface area contributed by atoms with Crippen LogP contribution in [-0.4, -0.2) is 26.2 Å². The molecule has 0 unspecified atom stereocenters. The normalized spacial score (nSPS) is 11.1. The topological polar surface area (TPSA) is 44.9 Å². The zero-order valence-electron chi connectivity index (χ0n) is 17.6. The molecule has 0 radical (unpaired) electrons. The zero-order chi connectivity index (χ0) is 20.5. The van der Waals surface area contributed by atoms with Gasteiger partial charge in [-0.25, -0.2) is 9.97 Å². The second-order valence-electron chi connectivity index (χ2n) is 7.40. The van der Waals surface area contributed by atoms with Crippen LogP contribution in [0.25, 0.3) is 11.6 Å². The molecule has 148 valence electrons. The smallest absolute Gasteiger partial charge is 0.213 e. The van der Waals surface area contributed by atoms with E-state index in [4.69, 9.17) is 9.72 Å². The molecule has 0 saturated heterocycles. The molecule has 4 aromatic heterocycles. The number of hydrogen-bond acceptors (Lipinski definition) is 3. The summed E-state index contributed by atoms with van der Waals surface area (Å²) in [4.78, 5) is 9.70. The van der Waals surface area contributed by atoms with Crippen LogP contribution in [0, 0.1) is 27.7 Å². The van der Waals surface area contributed by atoms with Crippen molar-refractivity contribution in [1.82, 2.24) is 19.1 Å². The molecule has 29 heavy (non-hydrogen) atoms. The quantitative estimate of drug-likeness (QED) is 0.490. The molecule has 0 amide bonds. The molecule has 0 aromatic carbocycles. The third kappa shape index (κ3) is 3.56. The number of aryl methyl sites for hydroxylation is 4. The number of ether oxygens (including phenoxy) is 1. The van der Waals surface area contributed by atoms with Gasteiger partial charge in [-0.3, -0.25) is 0 Å². The summed E-state index contributed by atoms with van der Waals surface area (Å²) >= 11 is 0. The lowest BCUT2D eigenvalue weighted by Gasteiger charge is -2.17. The Labute approximate surface area is 171 Å². The van der Waals surface area contributed by atoms with Crippen LogP contribution in [-0.2, 0) is 6.42 Å². The summed E-state index contributed by atoms with van der Waals surface area (Å²) < 4.78 is 9.69. The fourth-order valence-electron chi connectivity index (χ4n) is 3.82. The van der Waals surface area contributed by atoms with E-state index in [-0.39, 0.29) is 0 Å². The van der Waals surface area contributed by atoms with Gasteiger partial charge in [-0.15, -0.1) is 0 Å². The highest BCUT2D eigenvalue weighted by molar-refractivity contribution is 5.46. The van der Waals surface area contributed by atoms with Crippen LogP contribution in [0.5, 0.6) is 5.88 Å². The summed E-state index contributed by atoms with van der Waals surface area (Å²) in [6.07, 6.45) is 0.681. The lowest BCUT2D eigenvalue weighted by atomic mass is 10.1. The van der Waals surface area contributed by atoms with Crippen molar-refractivity contribution in [2.75, 3.05) is 7.11 Å². The van der Waals surface area contributed by atoms with Crippen molar-refractivity contribution in [1.29, 1.82) is 0 Å². The van der Waals surface area contributed by atoms with Gasteiger partial charge in [-0.2, -0.15) is 0 Å². The second kappa shape index (κ2) is 7.59. The molecule has 4 aromatic rings. The maximum Gasteiger partial charge on any atom is 0.213 e. The Balaban J connectivity index is 1.87. The number of hydrogen-bond donors (Lipinski definition) is 0. The van der Waals surface area contributed by atoms with Gasteiger partial charge in [0.05, 0.1) is 7.11 Å². The van der Waals surface area contributed by atoms with E-state index in [0.717, 1.165) is 34.3 Å². The van der Waals surface area contributed by atoms with Gasteiger partial charge in [0.1, 0.15) is 11.6 Å². The average Bonchev–Trinajstić information content (AvgIpc) is 3.23. The van der Waals surface area contributed by atoms with Crippen LogP contribution < -0.4 is 4.74 Å². The Morgan fingerprint density at radius 3 is 1.97 bits per heavy atom. The Hall–Kier alpha value is -3.34. The van der Waals surface area contributed by atoms with Gasteiger partial charge >= 0.3 is 0 Å². The number of methoxy groups -OCH3 is 1. The van der Waals surface area contributed by atoms with Crippen molar-refractivity contribution < 1.29 is 4.74 Å². The first-order valence-electron chi connectivity index (χ1n) is 9.78. The van der Waals surface area contributed by atoms with E-state index in [1.165, 1.54) is 11.4 Å². The number of nitrogens with zero attached hydrogens (tertiary/aromatic N) is 4. The van der Waals surface area contributed by atoms with Gasteiger partial charge in [0.2, 0.25) is 5.88 Å². The number of aromatic nitrogens is 4. The first kappa shape index (κ1) is 19.0. The first-order chi connectivity index (χ1) is 14.0. The third-order valence-electron chi connectivity index (χ3n) is 5.29. The van der Waals surface area contributed by atoms with Gasteiger partial charge in [0.15, 0.2) is 0 Å². The van der Waals surface area contributed by atoms with E-state index in [1.54, 1.807) is 7.11 Å². The van der Waals surface area contributed by atoms with Crippen LogP contribution >= 0.6 is 0 Å². The summed E-state index contributed by atoms with van der Waals surface area (Å²) in [5.74, 6) is 2.50. The van der Waals surface area contributed by atoms with Crippen LogP contribution in [0.3, 0.4) is 0 Å². The highest BCUT2D eigenvalue weighted by Crippen LogP contribution is 2.24. The predicted molar refractivity (Wildman–Crippen MR) is 115 cm³/mol. The number of rotatable bonds is 5. The van der Waals surface area contributed by atoms with Gasteiger partial charge in [0, 0.05) is 46.5 Å². The molecule has 4 heterocycles. The van der Waals surface area contributed by atoms with Crippen molar-refractivity contribution in [2.24, 2.45) is 0 Å². The SMILES string of the molecule is COc1cccc(Cc2ccc(-n3c(C)ccc3C)nc2-n2c(C)ccc2C)n1.